The van der Waals surface area contributed by atoms with Gasteiger partial charge in [-0.25, -0.2) is 0 Å². The van der Waals surface area contributed by atoms with Crippen molar-refractivity contribution in [1.29, 1.82) is 0 Å². The molecule has 5 nitrogen and oxygen atoms in total. The van der Waals surface area contributed by atoms with Crippen molar-refractivity contribution in [3.8, 4) is 0 Å². The summed E-state index contributed by atoms with van der Waals surface area (Å²) < 4.78 is 0. The van der Waals surface area contributed by atoms with E-state index in [0.717, 1.165) is 11.1 Å². The van der Waals surface area contributed by atoms with Crippen LogP contribution in [0.3, 0.4) is 0 Å². The molecule has 4 N–H and O–H groups in total. The van der Waals surface area contributed by atoms with Gasteiger partial charge in [0.25, 0.3) is 0 Å². The Morgan fingerprint density at radius 1 is 0.917 bits per heavy atom. The van der Waals surface area contributed by atoms with Gasteiger partial charge >= 0.3 is 11.9 Å². The Kier molecular flexibility index (Phi) is 5.71. The molecule has 2 aromatic rings. The van der Waals surface area contributed by atoms with Crippen molar-refractivity contribution in [2.45, 2.75) is 24.8 Å². The molecule has 0 bridgehead atoms. The first-order valence-electron chi connectivity index (χ1n) is 7.73. The molecule has 0 aliphatic rings. The summed E-state index contributed by atoms with van der Waals surface area (Å²) in [4.78, 5) is 23.2. The number of rotatable bonds is 8. The van der Waals surface area contributed by atoms with Crippen LogP contribution in [-0.2, 0) is 22.4 Å². The topological polar surface area (TPSA) is 101 Å². The van der Waals surface area contributed by atoms with Crippen LogP contribution < -0.4 is 5.73 Å². The highest BCUT2D eigenvalue weighted by molar-refractivity contribution is 5.81. The Labute approximate surface area is 140 Å². The van der Waals surface area contributed by atoms with Crippen molar-refractivity contribution in [2.24, 2.45) is 11.7 Å². The van der Waals surface area contributed by atoms with Crippen molar-refractivity contribution in [3.05, 3.63) is 71.8 Å². The largest absolute Gasteiger partial charge is 0.481 e. The van der Waals surface area contributed by atoms with E-state index in [9.17, 15) is 19.8 Å². The van der Waals surface area contributed by atoms with E-state index in [1.54, 1.807) is 24.3 Å². The van der Waals surface area contributed by atoms with Gasteiger partial charge in [-0.2, -0.15) is 0 Å². The molecule has 0 fully saturated rings. The van der Waals surface area contributed by atoms with Gasteiger partial charge in [-0.1, -0.05) is 60.7 Å². The highest BCUT2D eigenvalue weighted by Gasteiger charge is 2.43. The summed E-state index contributed by atoms with van der Waals surface area (Å²) in [6.07, 6.45) is 0.0707. The zero-order valence-electron chi connectivity index (χ0n) is 13.3. The maximum Gasteiger partial charge on any atom is 0.324 e. The van der Waals surface area contributed by atoms with E-state index >= 15 is 0 Å². The summed E-state index contributed by atoms with van der Waals surface area (Å²) >= 11 is 0. The lowest BCUT2D eigenvalue weighted by molar-refractivity contribution is -0.147. The van der Waals surface area contributed by atoms with Gasteiger partial charge in [0, 0.05) is 12.3 Å². The van der Waals surface area contributed by atoms with Crippen molar-refractivity contribution in [3.63, 3.8) is 0 Å². The third kappa shape index (κ3) is 4.43. The van der Waals surface area contributed by atoms with E-state index in [-0.39, 0.29) is 12.8 Å². The number of nitrogens with two attached hydrogens (primary N) is 1. The minimum atomic E-state index is -1.66. The van der Waals surface area contributed by atoms with Gasteiger partial charge in [0.15, 0.2) is 0 Å². The lowest BCUT2D eigenvalue weighted by Gasteiger charge is -2.33. The molecule has 126 valence electrons. The van der Waals surface area contributed by atoms with Crippen molar-refractivity contribution < 1.29 is 19.8 Å². The van der Waals surface area contributed by atoms with Crippen molar-refractivity contribution >= 4 is 11.9 Å². The Hall–Kier alpha value is -2.66. The molecule has 2 atom stereocenters. The minimum Gasteiger partial charge on any atom is -0.481 e. The molecule has 0 heterocycles. The predicted octanol–water partition coefficient (Wildman–Crippen LogP) is 2.34. The van der Waals surface area contributed by atoms with Crippen LogP contribution in [0.25, 0.3) is 0 Å². The van der Waals surface area contributed by atoms with E-state index < -0.39 is 23.4 Å². The number of carbonyl (C=O) groups is 2. The average molecular weight is 327 g/mol. The quantitative estimate of drug-likeness (QED) is 0.691. The van der Waals surface area contributed by atoms with Gasteiger partial charge in [0.05, 0.1) is 6.42 Å². The van der Waals surface area contributed by atoms with E-state index in [1.807, 2.05) is 36.4 Å². The number of carboxylic acids is 2. The molecule has 0 spiro atoms. The molecular formula is C19H21NO4. The summed E-state index contributed by atoms with van der Waals surface area (Å²) in [6, 6.07) is 18.3. The summed E-state index contributed by atoms with van der Waals surface area (Å²) in [5, 5.41) is 19.0. The second kappa shape index (κ2) is 7.75. The number of benzene rings is 2. The van der Waals surface area contributed by atoms with E-state index in [1.165, 1.54) is 0 Å². The molecule has 1 unspecified atom stereocenters. The Balaban J connectivity index is 2.33. The molecule has 0 radical (unpaired) electrons. The molecule has 2 rings (SSSR count). The van der Waals surface area contributed by atoms with Crippen LogP contribution in [0.4, 0.5) is 0 Å². The lowest BCUT2D eigenvalue weighted by Crippen LogP contribution is -2.57. The third-order valence-corrected chi connectivity index (χ3v) is 4.21. The van der Waals surface area contributed by atoms with Gasteiger partial charge in [-0.05, 0) is 17.5 Å². The summed E-state index contributed by atoms with van der Waals surface area (Å²) in [6.45, 7) is 0. The monoisotopic (exact) mass is 327 g/mol. The highest BCUT2D eigenvalue weighted by atomic mass is 16.4. The smallest absolute Gasteiger partial charge is 0.324 e. The van der Waals surface area contributed by atoms with Crippen LogP contribution in [0, 0.1) is 5.92 Å². The van der Waals surface area contributed by atoms with E-state index in [0.29, 0.717) is 6.42 Å². The van der Waals surface area contributed by atoms with Crippen molar-refractivity contribution in [2.75, 3.05) is 0 Å². The summed E-state index contributed by atoms with van der Waals surface area (Å²) in [7, 11) is 0. The second-order valence-corrected chi connectivity index (χ2v) is 5.99. The Bertz CT molecular complexity index is 687. The first-order valence-corrected chi connectivity index (χ1v) is 7.73. The Morgan fingerprint density at radius 2 is 1.42 bits per heavy atom. The summed E-state index contributed by atoms with van der Waals surface area (Å²) in [5.74, 6) is -2.97. The fourth-order valence-electron chi connectivity index (χ4n) is 2.87. The highest BCUT2D eigenvalue weighted by Crippen LogP contribution is 2.27. The van der Waals surface area contributed by atoms with Crippen LogP contribution in [0.2, 0.25) is 0 Å². The molecule has 0 aliphatic heterocycles. The maximum atomic E-state index is 11.9. The van der Waals surface area contributed by atoms with Crippen LogP contribution in [0.5, 0.6) is 0 Å². The standard InChI is InChI=1S/C19H21NO4/c20-19(18(23)24,13-15-9-5-2-6-10-15)16(12-17(21)22)11-14-7-3-1-4-8-14/h1-10,16H,11-13,20H2,(H,21,22)(H,23,24)/t16?,19-/m0/s1. The first kappa shape index (κ1) is 17.7. The van der Waals surface area contributed by atoms with Gasteiger partial charge in [0.1, 0.15) is 5.54 Å². The lowest BCUT2D eigenvalue weighted by atomic mass is 9.75. The fourth-order valence-corrected chi connectivity index (χ4v) is 2.87. The zero-order valence-corrected chi connectivity index (χ0v) is 13.3. The van der Waals surface area contributed by atoms with Gasteiger partial charge in [-0.3, -0.25) is 9.59 Å². The maximum absolute atomic E-state index is 11.9. The van der Waals surface area contributed by atoms with Crippen LogP contribution in [0.15, 0.2) is 60.7 Å². The molecule has 2 aromatic carbocycles. The number of aliphatic carboxylic acids is 2. The van der Waals surface area contributed by atoms with Gasteiger partial charge in [0.2, 0.25) is 0 Å². The molecule has 0 saturated carbocycles. The Morgan fingerprint density at radius 3 is 1.88 bits per heavy atom. The van der Waals surface area contributed by atoms with Gasteiger partial charge in [-0.15, -0.1) is 0 Å². The second-order valence-electron chi connectivity index (χ2n) is 5.99. The van der Waals surface area contributed by atoms with Crippen molar-refractivity contribution in [1.82, 2.24) is 0 Å². The van der Waals surface area contributed by atoms with Crippen LogP contribution >= 0.6 is 0 Å². The molecule has 24 heavy (non-hydrogen) atoms. The number of hydrogen-bond acceptors (Lipinski definition) is 3. The minimum absolute atomic E-state index is 0.0773. The molecule has 0 aromatic heterocycles. The zero-order chi connectivity index (χ0) is 17.6. The summed E-state index contributed by atoms with van der Waals surface area (Å²) in [5.41, 5.74) is 6.23. The first-order chi connectivity index (χ1) is 11.4. The average Bonchev–Trinajstić information content (AvgIpc) is 2.55. The molecule has 5 heteroatoms. The molecule has 0 aliphatic carbocycles. The SMILES string of the molecule is N[C@](Cc1ccccc1)(C(=O)O)C(CC(=O)O)Cc1ccccc1. The molecule has 0 saturated heterocycles. The number of carboxylic acid groups (broad SMARTS) is 2. The normalized spacial score (nSPS) is 14.5. The van der Waals surface area contributed by atoms with Crippen LogP contribution in [0.1, 0.15) is 17.5 Å². The number of hydrogen-bond donors (Lipinski definition) is 3. The fraction of sp³-hybridized carbons (Fsp3) is 0.263. The van der Waals surface area contributed by atoms with Gasteiger partial charge < -0.3 is 15.9 Å². The van der Waals surface area contributed by atoms with E-state index in [2.05, 4.69) is 0 Å². The van der Waals surface area contributed by atoms with E-state index in [4.69, 9.17) is 5.73 Å². The molecular weight excluding hydrogens is 306 g/mol. The third-order valence-electron chi connectivity index (χ3n) is 4.21. The molecule has 0 amide bonds. The predicted molar refractivity (Wildman–Crippen MR) is 90.6 cm³/mol. The van der Waals surface area contributed by atoms with Crippen LogP contribution in [-0.4, -0.2) is 27.7 Å².